The van der Waals surface area contributed by atoms with Gasteiger partial charge >= 0.3 is 5.97 Å². The fourth-order valence-corrected chi connectivity index (χ4v) is 1.80. The van der Waals surface area contributed by atoms with Crippen LogP contribution in [-0.4, -0.2) is 17.0 Å². The molecular formula is C13H16BrNO3. The molecule has 1 rings (SSSR count). The lowest BCUT2D eigenvalue weighted by molar-refractivity contribution is -0.142. The molecule has 1 atom stereocenters. The molecule has 0 bridgehead atoms. The second-order valence-electron chi connectivity index (χ2n) is 4.49. The Morgan fingerprint density at radius 2 is 1.83 bits per heavy atom. The van der Waals surface area contributed by atoms with E-state index in [1.807, 2.05) is 13.8 Å². The van der Waals surface area contributed by atoms with Gasteiger partial charge in [0, 0.05) is 10.9 Å². The summed E-state index contributed by atoms with van der Waals surface area (Å²) in [5.74, 6) is -1.11. The van der Waals surface area contributed by atoms with Crippen molar-refractivity contribution in [3.05, 3.63) is 34.3 Å². The van der Waals surface area contributed by atoms with Crippen LogP contribution in [0.4, 0.5) is 0 Å². The van der Waals surface area contributed by atoms with Gasteiger partial charge in [0.25, 0.3) is 0 Å². The van der Waals surface area contributed by atoms with Gasteiger partial charge in [0.1, 0.15) is 0 Å². The molecule has 0 saturated heterocycles. The van der Waals surface area contributed by atoms with Crippen molar-refractivity contribution < 1.29 is 14.7 Å². The van der Waals surface area contributed by atoms with Crippen LogP contribution in [0.15, 0.2) is 28.7 Å². The smallest absolute Gasteiger partial charge is 0.330 e. The first-order valence-electron chi connectivity index (χ1n) is 5.67. The van der Waals surface area contributed by atoms with Crippen molar-refractivity contribution in [3.63, 3.8) is 0 Å². The third kappa shape index (κ3) is 4.49. The number of carboxylic acids is 1. The van der Waals surface area contributed by atoms with E-state index in [4.69, 9.17) is 5.11 Å². The van der Waals surface area contributed by atoms with E-state index >= 15 is 0 Å². The number of nitrogens with one attached hydrogen (secondary N) is 1. The van der Waals surface area contributed by atoms with Crippen LogP contribution < -0.4 is 5.32 Å². The van der Waals surface area contributed by atoms with Crippen LogP contribution in [0.1, 0.15) is 31.9 Å². The molecule has 98 valence electrons. The van der Waals surface area contributed by atoms with Crippen LogP contribution in [0.25, 0.3) is 0 Å². The molecule has 0 aromatic heterocycles. The largest absolute Gasteiger partial charge is 0.479 e. The summed E-state index contributed by atoms with van der Waals surface area (Å²) >= 11 is 3.28. The standard InChI is InChI=1S/C13H16BrNO3/c1-8(2)7-11(16)15-12(13(17)18)9-3-5-10(14)6-4-9/h3-6,8,12H,7H2,1-2H3,(H,15,16)(H,17,18). The maximum atomic E-state index is 11.6. The van der Waals surface area contributed by atoms with Crippen LogP contribution in [0.3, 0.4) is 0 Å². The van der Waals surface area contributed by atoms with Gasteiger partial charge in [-0.3, -0.25) is 4.79 Å². The van der Waals surface area contributed by atoms with E-state index < -0.39 is 12.0 Å². The lowest BCUT2D eigenvalue weighted by atomic mass is 10.1. The normalized spacial score (nSPS) is 12.2. The lowest BCUT2D eigenvalue weighted by Gasteiger charge is -2.15. The molecule has 0 aliphatic heterocycles. The maximum absolute atomic E-state index is 11.6. The summed E-state index contributed by atoms with van der Waals surface area (Å²) in [6.45, 7) is 3.82. The Kier molecular flexibility index (Phi) is 5.34. The van der Waals surface area contributed by atoms with Crippen molar-refractivity contribution in [1.29, 1.82) is 0 Å². The van der Waals surface area contributed by atoms with Crippen molar-refractivity contribution in [1.82, 2.24) is 5.32 Å². The average molecular weight is 314 g/mol. The molecule has 18 heavy (non-hydrogen) atoms. The molecule has 0 spiro atoms. The molecular weight excluding hydrogens is 298 g/mol. The van der Waals surface area contributed by atoms with Crippen molar-refractivity contribution in [3.8, 4) is 0 Å². The maximum Gasteiger partial charge on any atom is 0.330 e. The quantitative estimate of drug-likeness (QED) is 0.878. The van der Waals surface area contributed by atoms with E-state index in [9.17, 15) is 9.59 Å². The number of benzene rings is 1. The average Bonchev–Trinajstić information content (AvgIpc) is 2.26. The summed E-state index contributed by atoms with van der Waals surface area (Å²) in [6, 6.07) is 5.86. The Morgan fingerprint density at radius 3 is 2.28 bits per heavy atom. The van der Waals surface area contributed by atoms with E-state index in [0.717, 1.165) is 4.47 Å². The third-order valence-corrected chi connectivity index (χ3v) is 2.88. The number of halogens is 1. The highest BCUT2D eigenvalue weighted by Gasteiger charge is 2.22. The first-order valence-corrected chi connectivity index (χ1v) is 6.47. The molecule has 5 heteroatoms. The van der Waals surface area contributed by atoms with E-state index in [-0.39, 0.29) is 11.8 Å². The SMILES string of the molecule is CC(C)CC(=O)NC(C(=O)O)c1ccc(Br)cc1. The van der Waals surface area contributed by atoms with Gasteiger partial charge in [0.2, 0.25) is 5.91 Å². The van der Waals surface area contributed by atoms with Crippen LogP contribution in [0, 0.1) is 5.92 Å². The number of aliphatic carboxylic acids is 1. The molecule has 0 aliphatic carbocycles. The molecule has 1 aromatic rings. The molecule has 0 heterocycles. The van der Waals surface area contributed by atoms with Crippen LogP contribution in [-0.2, 0) is 9.59 Å². The van der Waals surface area contributed by atoms with Gasteiger partial charge in [-0.25, -0.2) is 4.79 Å². The van der Waals surface area contributed by atoms with Crippen molar-refractivity contribution in [2.24, 2.45) is 5.92 Å². The highest BCUT2D eigenvalue weighted by molar-refractivity contribution is 9.10. The topological polar surface area (TPSA) is 66.4 Å². The fraction of sp³-hybridized carbons (Fsp3) is 0.385. The molecule has 0 saturated carbocycles. The summed E-state index contributed by atoms with van der Waals surface area (Å²) in [4.78, 5) is 22.8. The van der Waals surface area contributed by atoms with Crippen LogP contribution in [0.5, 0.6) is 0 Å². The highest BCUT2D eigenvalue weighted by Crippen LogP contribution is 2.17. The molecule has 0 fully saturated rings. The van der Waals surface area contributed by atoms with Gasteiger partial charge in [-0.1, -0.05) is 41.9 Å². The molecule has 1 aromatic carbocycles. The zero-order valence-electron chi connectivity index (χ0n) is 10.3. The Morgan fingerprint density at radius 1 is 1.28 bits per heavy atom. The molecule has 2 N–H and O–H groups in total. The van der Waals surface area contributed by atoms with E-state index in [1.54, 1.807) is 24.3 Å². The number of carbonyl (C=O) groups excluding carboxylic acids is 1. The third-order valence-electron chi connectivity index (χ3n) is 2.35. The van der Waals surface area contributed by atoms with Crippen molar-refractivity contribution in [2.45, 2.75) is 26.3 Å². The first-order chi connectivity index (χ1) is 8.40. The number of rotatable bonds is 5. The number of hydrogen-bond donors (Lipinski definition) is 2. The zero-order valence-corrected chi connectivity index (χ0v) is 11.9. The molecule has 1 amide bonds. The van der Waals surface area contributed by atoms with E-state index in [2.05, 4.69) is 21.2 Å². The summed E-state index contributed by atoms with van der Waals surface area (Å²) in [5, 5.41) is 11.7. The van der Waals surface area contributed by atoms with Gasteiger partial charge in [-0.05, 0) is 23.6 Å². The monoisotopic (exact) mass is 313 g/mol. The van der Waals surface area contributed by atoms with Gasteiger partial charge in [-0.15, -0.1) is 0 Å². The predicted octanol–water partition coefficient (Wildman–Crippen LogP) is 2.74. The number of hydrogen-bond acceptors (Lipinski definition) is 2. The van der Waals surface area contributed by atoms with Gasteiger partial charge < -0.3 is 10.4 Å². The van der Waals surface area contributed by atoms with Crippen molar-refractivity contribution in [2.75, 3.05) is 0 Å². The van der Waals surface area contributed by atoms with E-state index in [1.165, 1.54) is 0 Å². The molecule has 0 radical (unpaired) electrons. The van der Waals surface area contributed by atoms with Gasteiger partial charge in [0.15, 0.2) is 6.04 Å². The Bertz CT molecular complexity index is 428. The minimum atomic E-state index is -1.06. The van der Waals surface area contributed by atoms with Gasteiger partial charge in [-0.2, -0.15) is 0 Å². The number of carboxylic acid groups (broad SMARTS) is 1. The zero-order chi connectivity index (χ0) is 13.7. The van der Waals surface area contributed by atoms with Crippen LogP contribution in [0.2, 0.25) is 0 Å². The molecule has 1 unspecified atom stereocenters. The highest BCUT2D eigenvalue weighted by atomic mass is 79.9. The second-order valence-corrected chi connectivity index (χ2v) is 5.40. The first kappa shape index (κ1) is 14.7. The lowest BCUT2D eigenvalue weighted by Crippen LogP contribution is -2.34. The van der Waals surface area contributed by atoms with Crippen LogP contribution >= 0.6 is 15.9 Å². The fourth-order valence-electron chi connectivity index (χ4n) is 1.53. The minimum Gasteiger partial charge on any atom is -0.479 e. The summed E-state index contributed by atoms with van der Waals surface area (Å²) in [7, 11) is 0. The van der Waals surface area contributed by atoms with Crippen molar-refractivity contribution >= 4 is 27.8 Å². The number of carbonyl (C=O) groups is 2. The minimum absolute atomic E-state index is 0.198. The molecule has 0 aliphatic rings. The Labute approximate surface area is 115 Å². The van der Waals surface area contributed by atoms with Gasteiger partial charge in [0.05, 0.1) is 0 Å². The number of amides is 1. The summed E-state index contributed by atoms with van der Waals surface area (Å²) in [6.07, 6.45) is 0.320. The second kappa shape index (κ2) is 6.54. The Hall–Kier alpha value is -1.36. The molecule has 4 nitrogen and oxygen atoms in total. The summed E-state index contributed by atoms with van der Waals surface area (Å²) in [5.41, 5.74) is 0.558. The Balaban J connectivity index is 2.80. The van der Waals surface area contributed by atoms with E-state index in [0.29, 0.717) is 12.0 Å². The predicted molar refractivity (Wildman–Crippen MR) is 72.1 cm³/mol. The summed E-state index contributed by atoms with van der Waals surface area (Å²) < 4.78 is 0.865.